The number of carbonyl (C=O) groups excluding carboxylic acids is 1. The molecule has 1 aliphatic heterocycles. The number of piperidine rings is 1. The highest BCUT2D eigenvalue weighted by Crippen LogP contribution is 2.17. The molecule has 1 aromatic rings. The number of hydrogen-bond donors (Lipinski definition) is 0. The van der Waals surface area contributed by atoms with Gasteiger partial charge in [-0.25, -0.2) is 0 Å². The molecule has 0 aromatic carbocycles. The van der Waals surface area contributed by atoms with E-state index in [1.165, 1.54) is 17.1 Å². The Morgan fingerprint density at radius 3 is 2.67 bits per heavy atom. The minimum Gasteiger partial charge on any atom is -0.341 e. The molecule has 2 heterocycles. The SMILES string of the molecule is C[C@H](C(=O)N1CCCCC1)n1cc([N+](=O)[O-])cn1. The third kappa shape index (κ3) is 2.49. The van der Waals surface area contributed by atoms with Gasteiger partial charge in [-0.15, -0.1) is 0 Å². The maximum atomic E-state index is 12.2. The van der Waals surface area contributed by atoms with Crippen LogP contribution in [-0.4, -0.2) is 38.6 Å². The number of amides is 1. The van der Waals surface area contributed by atoms with E-state index in [0.29, 0.717) is 0 Å². The van der Waals surface area contributed by atoms with E-state index < -0.39 is 11.0 Å². The molecule has 7 heteroatoms. The Balaban J connectivity index is 2.06. The first-order valence-corrected chi connectivity index (χ1v) is 6.07. The van der Waals surface area contributed by atoms with Crippen molar-refractivity contribution in [3.05, 3.63) is 22.5 Å². The van der Waals surface area contributed by atoms with Gasteiger partial charge >= 0.3 is 5.69 Å². The lowest BCUT2D eigenvalue weighted by Gasteiger charge is -2.29. The van der Waals surface area contributed by atoms with E-state index in [9.17, 15) is 14.9 Å². The number of nitro groups is 1. The van der Waals surface area contributed by atoms with Gasteiger partial charge in [0.05, 0.1) is 4.92 Å². The predicted molar refractivity (Wildman–Crippen MR) is 64.0 cm³/mol. The third-order valence-electron chi connectivity index (χ3n) is 3.22. The van der Waals surface area contributed by atoms with E-state index in [1.54, 1.807) is 6.92 Å². The van der Waals surface area contributed by atoms with E-state index in [1.807, 2.05) is 4.90 Å². The van der Waals surface area contributed by atoms with Gasteiger partial charge in [0, 0.05) is 13.1 Å². The molecule has 1 atom stereocenters. The van der Waals surface area contributed by atoms with Crippen molar-refractivity contribution in [2.75, 3.05) is 13.1 Å². The van der Waals surface area contributed by atoms with Crippen molar-refractivity contribution in [1.29, 1.82) is 0 Å². The Bertz CT molecular complexity index is 451. The molecule has 1 amide bonds. The van der Waals surface area contributed by atoms with Gasteiger partial charge in [0.25, 0.3) is 0 Å². The van der Waals surface area contributed by atoms with E-state index in [2.05, 4.69) is 5.10 Å². The van der Waals surface area contributed by atoms with E-state index in [0.717, 1.165) is 32.4 Å². The third-order valence-corrected chi connectivity index (χ3v) is 3.22. The van der Waals surface area contributed by atoms with Crippen molar-refractivity contribution in [1.82, 2.24) is 14.7 Å². The molecule has 2 rings (SSSR count). The van der Waals surface area contributed by atoms with Gasteiger partial charge < -0.3 is 4.90 Å². The van der Waals surface area contributed by atoms with Crippen molar-refractivity contribution in [2.45, 2.75) is 32.2 Å². The number of hydrogen-bond acceptors (Lipinski definition) is 4. The molecule has 0 N–H and O–H groups in total. The van der Waals surface area contributed by atoms with Crippen LogP contribution in [0.25, 0.3) is 0 Å². The summed E-state index contributed by atoms with van der Waals surface area (Å²) in [7, 11) is 0. The average Bonchev–Trinajstić information content (AvgIpc) is 2.88. The van der Waals surface area contributed by atoms with Crippen LogP contribution in [0.15, 0.2) is 12.4 Å². The molecular weight excluding hydrogens is 236 g/mol. The number of nitrogens with zero attached hydrogens (tertiary/aromatic N) is 4. The number of likely N-dealkylation sites (tertiary alicyclic amines) is 1. The summed E-state index contributed by atoms with van der Waals surface area (Å²) in [5, 5.41) is 14.4. The van der Waals surface area contributed by atoms with Crippen LogP contribution in [0, 0.1) is 10.1 Å². The highest BCUT2D eigenvalue weighted by molar-refractivity contribution is 5.80. The standard InChI is InChI=1S/C11H16N4O3/c1-9(11(16)13-5-3-2-4-6-13)14-8-10(7-12-14)15(17)18/h7-9H,2-6H2,1H3/t9-/m1/s1. The first-order chi connectivity index (χ1) is 8.59. The normalized spacial score (nSPS) is 17.5. The molecule has 0 aliphatic carbocycles. The van der Waals surface area contributed by atoms with Gasteiger partial charge in [0.2, 0.25) is 5.91 Å². The zero-order valence-electron chi connectivity index (χ0n) is 10.3. The number of rotatable bonds is 3. The van der Waals surface area contributed by atoms with Crippen LogP contribution in [-0.2, 0) is 4.79 Å². The van der Waals surface area contributed by atoms with E-state index in [4.69, 9.17) is 0 Å². The largest absolute Gasteiger partial charge is 0.341 e. The quantitative estimate of drug-likeness (QED) is 0.601. The van der Waals surface area contributed by atoms with Gasteiger partial charge in [-0.05, 0) is 26.2 Å². The van der Waals surface area contributed by atoms with Crippen LogP contribution < -0.4 is 0 Å². The van der Waals surface area contributed by atoms with Crippen LogP contribution in [0.5, 0.6) is 0 Å². The molecule has 1 saturated heterocycles. The summed E-state index contributed by atoms with van der Waals surface area (Å²) in [4.78, 5) is 24.0. The van der Waals surface area contributed by atoms with Gasteiger partial charge in [-0.3, -0.25) is 19.6 Å². The predicted octanol–water partition coefficient (Wildman–Crippen LogP) is 1.36. The lowest BCUT2D eigenvalue weighted by molar-refractivity contribution is -0.385. The molecule has 0 saturated carbocycles. The summed E-state index contributed by atoms with van der Waals surface area (Å²) < 4.78 is 1.36. The fourth-order valence-corrected chi connectivity index (χ4v) is 2.13. The number of carbonyl (C=O) groups is 1. The smallest absolute Gasteiger partial charge is 0.307 e. The molecular formula is C11H16N4O3. The van der Waals surface area contributed by atoms with Crippen LogP contribution in [0.1, 0.15) is 32.2 Å². The lowest BCUT2D eigenvalue weighted by Crippen LogP contribution is -2.39. The highest BCUT2D eigenvalue weighted by Gasteiger charge is 2.25. The molecule has 1 fully saturated rings. The number of aromatic nitrogens is 2. The summed E-state index contributed by atoms with van der Waals surface area (Å²) in [5.74, 6) is -0.0207. The fourth-order valence-electron chi connectivity index (χ4n) is 2.13. The first kappa shape index (κ1) is 12.5. The summed E-state index contributed by atoms with van der Waals surface area (Å²) in [6.07, 6.45) is 5.67. The van der Waals surface area contributed by atoms with Gasteiger partial charge in [-0.1, -0.05) is 0 Å². The van der Waals surface area contributed by atoms with Gasteiger partial charge in [0.15, 0.2) is 0 Å². The van der Waals surface area contributed by atoms with Crippen LogP contribution >= 0.6 is 0 Å². The second kappa shape index (κ2) is 5.16. The van der Waals surface area contributed by atoms with Crippen molar-refractivity contribution < 1.29 is 9.72 Å². The van der Waals surface area contributed by atoms with Crippen LogP contribution in [0.3, 0.4) is 0 Å². The zero-order chi connectivity index (χ0) is 13.1. The average molecular weight is 252 g/mol. The highest BCUT2D eigenvalue weighted by atomic mass is 16.6. The van der Waals surface area contributed by atoms with Gasteiger partial charge in [0.1, 0.15) is 18.4 Å². The molecule has 0 spiro atoms. The zero-order valence-corrected chi connectivity index (χ0v) is 10.3. The molecule has 18 heavy (non-hydrogen) atoms. The van der Waals surface area contributed by atoms with Crippen molar-refractivity contribution in [3.8, 4) is 0 Å². The first-order valence-electron chi connectivity index (χ1n) is 6.07. The topological polar surface area (TPSA) is 81.3 Å². The molecule has 0 unspecified atom stereocenters. The monoisotopic (exact) mass is 252 g/mol. The Hall–Kier alpha value is -1.92. The molecule has 1 aliphatic rings. The van der Waals surface area contributed by atoms with Gasteiger partial charge in [-0.2, -0.15) is 5.10 Å². The summed E-state index contributed by atoms with van der Waals surface area (Å²) in [6, 6.07) is -0.489. The Morgan fingerprint density at radius 1 is 1.44 bits per heavy atom. The summed E-state index contributed by atoms with van der Waals surface area (Å²) in [6.45, 7) is 3.26. The van der Waals surface area contributed by atoms with Crippen LogP contribution in [0.2, 0.25) is 0 Å². The van der Waals surface area contributed by atoms with Crippen molar-refractivity contribution in [3.63, 3.8) is 0 Å². The minimum atomic E-state index is -0.512. The minimum absolute atomic E-state index is 0.0207. The molecule has 7 nitrogen and oxygen atoms in total. The fraction of sp³-hybridized carbons (Fsp3) is 0.636. The van der Waals surface area contributed by atoms with E-state index >= 15 is 0 Å². The molecule has 1 aromatic heterocycles. The molecule has 98 valence electrons. The van der Waals surface area contributed by atoms with E-state index in [-0.39, 0.29) is 11.6 Å². The molecule has 0 bridgehead atoms. The summed E-state index contributed by atoms with van der Waals surface area (Å²) >= 11 is 0. The Kier molecular flexibility index (Phi) is 3.59. The molecule has 0 radical (unpaired) electrons. The maximum absolute atomic E-state index is 12.2. The second-order valence-electron chi connectivity index (χ2n) is 4.50. The lowest BCUT2D eigenvalue weighted by atomic mass is 10.1. The Morgan fingerprint density at radius 2 is 2.11 bits per heavy atom. The maximum Gasteiger partial charge on any atom is 0.307 e. The van der Waals surface area contributed by atoms with Crippen molar-refractivity contribution in [2.24, 2.45) is 0 Å². The Labute approximate surface area is 105 Å². The van der Waals surface area contributed by atoms with Crippen molar-refractivity contribution >= 4 is 11.6 Å². The second-order valence-corrected chi connectivity index (χ2v) is 4.50. The summed E-state index contributed by atoms with van der Waals surface area (Å²) in [5.41, 5.74) is -0.0895. The van der Waals surface area contributed by atoms with Crippen LogP contribution in [0.4, 0.5) is 5.69 Å².